The van der Waals surface area contributed by atoms with Crippen molar-refractivity contribution in [1.82, 2.24) is 9.97 Å². The number of rotatable bonds is 3. The maximum atomic E-state index is 12.8. The van der Waals surface area contributed by atoms with E-state index in [1.54, 1.807) is 24.3 Å². The molecule has 0 fully saturated rings. The minimum absolute atomic E-state index is 0.0885. The summed E-state index contributed by atoms with van der Waals surface area (Å²) in [6, 6.07) is 7.03. The number of benzene rings is 1. The second kappa shape index (κ2) is 5.16. The number of H-pyrrole nitrogens is 1. The van der Waals surface area contributed by atoms with E-state index in [1.807, 2.05) is 6.92 Å². The average Bonchev–Trinajstić information content (AvgIpc) is 2.97. The highest BCUT2D eigenvalue weighted by atomic mass is 32.2. The molecule has 0 spiro atoms. The first-order valence-corrected chi connectivity index (χ1v) is 8.31. The van der Waals surface area contributed by atoms with E-state index in [2.05, 4.69) is 9.97 Å². The summed E-state index contributed by atoms with van der Waals surface area (Å²) < 4.78 is 26.9. The van der Waals surface area contributed by atoms with Gasteiger partial charge in [-0.05, 0) is 12.5 Å². The summed E-state index contributed by atoms with van der Waals surface area (Å²) in [6.07, 6.45) is 1.75. The fourth-order valence-electron chi connectivity index (χ4n) is 2.53. The Bertz CT molecular complexity index is 754. The first-order chi connectivity index (χ1) is 10.0. The SMILES string of the molecule is CCc1ncc(S(=O)(=O)N2CCC(O)c3ccccc32)[nH]1. The van der Waals surface area contributed by atoms with Crippen LogP contribution in [0.2, 0.25) is 0 Å². The number of aliphatic hydroxyl groups is 1. The van der Waals surface area contributed by atoms with Crippen molar-refractivity contribution in [1.29, 1.82) is 0 Å². The molecule has 112 valence electrons. The molecule has 1 aliphatic rings. The minimum Gasteiger partial charge on any atom is -0.388 e. The molecular formula is C14H17N3O3S. The first kappa shape index (κ1) is 14.1. The molecule has 2 heterocycles. The molecule has 7 heteroatoms. The lowest BCUT2D eigenvalue weighted by atomic mass is 10.0. The lowest BCUT2D eigenvalue weighted by Gasteiger charge is -2.32. The van der Waals surface area contributed by atoms with Crippen LogP contribution < -0.4 is 4.31 Å². The number of para-hydroxylation sites is 1. The number of nitrogens with one attached hydrogen (secondary N) is 1. The summed E-state index contributed by atoms with van der Waals surface area (Å²) >= 11 is 0. The molecule has 0 saturated carbocycles. The number of hydrogen-bond donors (Lipinski definition) is 2. The van der Waals surface area contributed by atoms with Gasteiger partial charge >= 0.3 is 0 Å². The zero-order valence-electron chi connectivity index (χ0n) is 11.7. The van der Waals surface area contributed by atoms with Gasteiger partial charge in [0.25, 0.3) is 10.0 Å². The predicted molar refractivity (Wildman–Crippen MR) is 78.5 cm³/mol. The van der Waals surface area contributed by atoms with Crippen LogP contribution in [0, 0.1) is 0 Å². The van der Waals surface area contributed by atoms with Crippen LogP contribution >= 0.6 is 0 Å². The molecule has 0 aliphatic carbocycles. The van der Waals surface area contributed by atoms with Crippen LogP contribution in [0.3, 0.4) is 0 Å². The van der Waals surface area contributed by atoms with Gasteiger partial charge in [0, 0.05) is 18.5 Å². The van der Waals surface area contributed by atoms with Gasteiger partial charge in [-0.2, -0.15) is 8.42 Å². The molecule has 1 atom stereocenters. The van der Waals surface area contributed by atoms with E-state index < -0.39 is 16.1 Å². The Morgan fingerprint density at radius 1 is 1.43 bits per heavy atom. The van der Waals surface area contributed by atoms with Crippen molar-refractivity contribution in [2.45, 2.75) is 30.9 Å². The van der Waals surface area contributed by atoms with Gasteiger partial charge in [0.2, 0.25) is 0 Å². The van der Waals surface area contributed by atoms with E-state index in [9.17, 15) is 13.5 Å². The van der Waals surface area contributed by atoms with Crippen molar-refractivity contribution < 1.29 is 13.5 Å². The molecule has 6 nitrogen and oxygen atoms in total. The van der Waals surface area contributed by atoms with Gasteiger partial charge < -0.3 is 10.1 Å². The predicted octanol–water partition coefficient (Wildman–Crippen LogP) is 1.60. The van der Waals surface area contributed by atoms with E-state index in [0.29, 0.717) is 29.9 Å². The standard InChI is InChI=1S/C14H17N3O3S/c1-2-13-15-9-14(16-13)21(19,20)17-8-7-12(18)10-5-3-4-6-11(10)17/h3-6,9,12,18H,2,7-8H2,1H3,(H,15,16). The van der Waals surface area contributed by atoms with E-state index >= 15 is 0 Å². The largest absolute Gasteiger partial charge is 0.388 e. The number of aliphatic hydroxyl groups excluding tert-OH is 1. The van der Waals surface area contributed by atoms with Crippen LogP contribution in [0.25, 0.3) is 0 Å². The Morgan fingerprint density at radius 2 is 2.19 bits per heavy atom. The van der Waals surface area contributed by atoms with Crippen LogP contribution in [-0.2, 0) is 16.4 Å². The van der Waals surface area contributed by atoms with Crippen LogP contribution in [-0.4, -0.2) is 30.0 Å². The first-order valence-electron chi connectivity index (χ1n) is 6.87. The topological polar surface area (TPSA) is 86.3 Å². The number of imidazole rings is 1. The van der Waals surface area contributed by atoms with Gasteiger partial charge in [-0.25, -0.2) is 4.98 Å². The summed E-state index contributed by atoms with van der Waals surface area (Å²) in [5.74, 6) is 0.638. The summed E-state index contributed by atoms with van der Waals surface area (Å²) in [4.78, 5) is 6.90. The number of hydrogen-bond acceptors (Lipinski definition) is 4. The van der Waals surface area contributed by atoms with Gasteiger partial charge in [0.15, 0.2) is 5.03 Å². The normalized spacial score (nSPS) is 18.6. The monoisotopic (exact) mass is 307 g/mol. The van der Waals surface area contributed by atoms with Gasteiger partial charge in [-0.15, -0.1) is 0 Å². The fourth-order valence-corrected chi connectivity index (χ4v) is 3.98. The molecule has 0 bridgehead atoms. The van der Waals surface area contributed by atoms with Gasteiger partial charge in [0.05, 0.1) is 18.0 Å². The highest BCUT2D eigenvalue weighted by Gasteiger charge is 2.33. The van der Waals surface area contributed by atoms with Crippen molar-refractivity contribution >= 4 is 15.7 Å². The smallest absolute Gasteiger partial charge is 0.281 e. The second-order valence-corrected chi connectivity index (χ2v) is 6.82. The quantitative estimate of drug-likeness (QED) is 0.902. The van der Waals surface area contributed by atoms with Crippen molar-refractivity contribution in [3.63, 3.8) is 0 Å². The molecule has 0 saturated heterocycles. The summed E-state index contributed by atoms with van der Waals surface area (Å²) in [5, 5.41) is 10.1. The van der Waals surface area contributed by atoms with Gasteiger partial charge in [-0.3, -0.25) is 4.31 Å². The Labute approximate surface area is 123 Å². The molecule has 1 unspecified atom stereocenters. The van der Waals surface area contributed by atoms with Crippen LogP contribution in [0.5, 0.6) is 0 Å². The van der Waals surface area contributed by atoms with E-state index in [0.717, 1.165) is 0 Å². The van der Waals surface area contributed by atoms with E-state index in [4.69, 9.17) is 0 Å². The molecule has 0 amide bonds. The lowest BCUT2D eigenvalue weighted by molar-refractivity contribution is 0.166. The zero-order chi connectivity index (χ0) is 15.0. The molecule has 1 aliphatic heterocycles. The Morgan fingerprint density at radius 3 is 2.90 bits per heavy atom. The third-order valence-electron chi connectivity index (χ3n) is 3.68. The number of anilines is 1. The maximum absolute atomic E-state index is 12.8. The molecule has 3 rings (SSSR count). The molecule has 0 radical (unpaired) electrons. The second-order valence-electron chi connectivity index (χ2n) is 4.99. The summed E-state index contributed by atoms with van der Waals surface area (Å²) in [7, 11) is -3.68. The highest BCUT2D eigenvalue weighted by molar-refractivity contribution is 7.92. The van der Waals surface area contributed by atoms with Gasteiger partial charge in [0.1, 0.15) is 5.82 Å². The third kappa shape index (κ3) is 2.32. The fraction of sp³-hybridized carbons (Fsp3) is 0.357. The number of sulfonamides is 1. The Kier molecular flexibility index (Phi) is 3.46. The molecule has 2 N–H and O–H groups in total. The van der Waals surface area contributed by atoms with Crippen molar-refractivity contribution in [2.75, 3.05) is 10.8 Å². The number of aromatic amines is 1. The van der Waals surface area contributed by atoms with Crippen LogP contribution in [0.4, 0.5) is 5.69 Å². The van der Waals surface area contributed by atoms with Gasteiger partial charge in [-0.1, -0.05) is 25.1 Å². The number of nitrogens with zero attached hydrogens (tertiary/aromatic N) is 2. The van der Waals surface area contributed by atoms with Crippen LogP contribution in [0.15, 0.2) is 35.5 Å². The summed E-state index contributed by atoms with van der Waals surface area (Å²) in [6.45, 7) is 2.16. The van der Waals surface area contributed by atoms with E-state index in [-0.39, 0.29) is 11.6 Å². The highest BCUT2D eigenvalue weighted by Crippen LogP contribution is 2.36. The number of aromatic nitrogens is 2. The van der Waals surface area contributed by atoms with Crippen molar-refractivity contribution in [3.8, 4) is 0 Å². The van der Waals surface area contributed by atoms with Crippen molar-refractivity contribution in [2.24, 2.45) is 0 Å². The van der Waals surface area contributed by atoms with Crippen LogP contribution in [0.1, 0.15) is 30.8 Å². The minimum atomic E-state index is -3.68. The third-order valence-corrected chi connectivity index (χ3v) is 5.40. The average molecular weight is 307 g/mol. The molecule has 1 aromatic carbocycles. The Hall–Kier alpha value is -1.86. The van der Waals surface area contributed by atoms with Crippen molar-refractivity contribution in [3.05, 3.63) is 41.9 Å². The Balaban J connectivity index is 2.06. The zero-order valence-corrected chi connectivity index (χ0v) is 12.5. The molecule has 1 aromatic heterocycles. The number of fused-ring (bicyclic) bond motifs is 1. The molecular weight excluding hydrogens is 290 g/mol. The molecule has 2 aromatic rings. The number of aryl methyl sites for hydroxylation is 1. The maximum Gasteiger partial charge on any atom is 0.281 e. The summed E-state index contributed by atoms with van der Waals surface area (Å²) in [5.41, 5.74) is 1.17. The lowest BCUT2D eigenvalue weighted by Crippen LogP contribution is -2.36. The van der Waals surface area contributed by atoms with E-state index in [1.165, 1.54) is 10.5 Å². The molecule has 21 heavy (non-hydrogen) atoms.